The third-order valence-electron chi connectivity index (χ3n) is 3.38. The van der Waals surface area contributed by atoms with Gasteiger partial charge in [0.2, 0.25) is 0 Å². The van der Waals surface area contributed by atoms with Crippen molar-refractivity contribution in [1.82, 2.24) is 20.1 Å². The van der Waals surface area contributed by atoms with Crippen LogP contribution < -0.4 is 5.32 Å². The van der Waals surface area contributed by atoms with Gasteiger partial charge < -0.3 is 10.4 Å². The standard InChI is InChI=1S/C13H24N4O/c1-3-12-15-13(4-2)17(16-12)8-7-11(9-18)14-10-5-6-10/h10-11,14,18H,3-9H2,1-2H3. The molecule has 2 N–H and O–H groups in total. The van der Waals surface area contributed by atoms with Crippen molar-refractivity contribution in [2.75, 3.05) is 6.61 Å². The van der Waals surface area contributed by atoms with Gasteiger partial charge in [0.05, 0.1) is 6.61 Å². The molecule has 0 aromatic carbocycles. The second kappa shape index (κ2) is 6.29. The van der Waals surface area contributed by atoms with Crippen molar-refractivity contribution >= 4 is 0 Å². The number of nitrogens with zero attached hydrogens (tertiary/aromatic N) is 3. The van der Waals surface area contributed by atoms with Crippen molar-refractivity contribution in [3.63, 3.8) is 0 Å². The molecule has 1 fully saturated rings. The van der Waals surface area contributed by atoms with Crippen molar-refractivity contribution in [3.8, 4) is 0 Å². The van der Waals surface area contributed by atoms with Gasteiger partial charge in [-0.05, 0) is 19.3 Å². The first kappa shape index (κ1) is 13.5. The van der Waals surface area contributed by atoms with E-state index in [-0.39, 0.29) is 12.6 Å². The maximum atomic E-state index is 9.35. The molecule has 1 unspecified atom stereocenters. The summed E-state index contributed by atoms with van der Waals surface area (Å²) in [7, 11) is 0. The summed E-state index contributed by atoms with van der Waals surface area (Å²) in [6.45, 7) is 5.21. The molecule has 1 atom stereocenters. The highest BCUT2D eigenvalue weighted by Gasteiger charge is 2.24. The molecule has 0 amide bonds. The Hall–Kier alpha value is -0.940. The molecule has 1 aromatic rings. The summed E-state index contributed by atoms with van der Waals surface area (Å²) < 4.78 is 2.00. The van der Waals surface area contributed by atoms with E-state index in [2.05, 4.69) is 29.2 Å². The summed E-state index contributed by atoms with van der Waals surface area (Å²) in [5, 5.41) is 17.3. The first-order chi connectivity index (χ1) is 8.76. The molecule has 1 aliphatic rings. The molecule has 5 nitrogen and oxygen atoms in total. The lowest BCUT2D eigenvalue weighted by molar-refractivity contribution is 0.228. The maximum absolute atomic E-state index is 9.35. The van der Waals surface area contributed by atoms with E-state index in [9.17, 15) is 5.11 Å². The Morgan fingerprint density at radius 1 is 1.39 bits per heavy atom. The molecule has 2 rings (SSSR count). The molecular formula is C13H24N4O. The van der Waals surface area contributed by atoms with Crippen LogP contribution in [0.3, 0.4) is 0 Å². The van der Waals surface area contributed by atoms with Gasteiger partial charge in [0.1, 0.15) is 5.82 Å². The van der Waals surface area contributed by atoms with E-state index in [4.69, 9.17) is 0 Å². The molecule has 102 valence electrons. The van der Waals surface area contributed by atoms with Crippen LogP contribution in [0, 0.1) is 0 Å². The number of aliphatic hydroxyl groups excluding tert-OH is 1. The van der Waals surface area contributed by atoms with Crippen molar-refractivity contribution in [2.45, 2.75) is 64.6 Å². The molecular weight excluding hydrogens is 228 g/mol. The zero-order chi connectivity index (χ0) is 13.0. The average Bonchev–Trinajstić information content (AvgIpc) is 3.12. The molecule has 0 saturated heterocycles. The summed E-state index contributed by atoms with van der Waals surface area (Å²) in [5.41, 5.74) is 0. The molecule has 1 aliphatic carbocycles. The molecule has 5 heteroatoms. The Morgan fingerprint density at radius 3 is 2.72 bits per heavy atom. The zero-order valence-electron chi connectivity index (χ0n) is 11.4. The number of rotatable bonds is 8. The highest BCUT2D eigenvalue weighted by Crippen LogP contribution is 2.20. The fourth-order valence-electron chi connectivity index (χ4n) is 2.11. The zero-order valence-corrected chi connectivity index (χ0v) is 11.4. The van der Waals surface area contributed by atoms with Gasteiger partial charge >= 0.3 is 0 Å². The fraction of sp³-hybridized carbons (Fsp3) is 0.846. The minimum atomic E-state index is 0.191. The summed E-state index contributed by atoms with van der Waals surface area (Å²) in [6, 6.07) is 0.825. The predicted molar refractivity (Wildman–Crippen MR) is 70.4 cm³/mol. The second-order valence-electron chi connectivity index (χ2n) is 4.98. The summed E-state index contributed by atoms with van der Waals surface area (Å²) >= 11 is 0. The Balaban J connectivity index is 1.88. The van der Waals surface area contributed by atoms with Crippen LogP contribution in [-0.2, 0) is 19.4 Å². The number of aryl methyl sites for hydroxylation is 3. The van der Waals surface area contributed by atoms with Crippen LogP contribution in [0.4, 0.5) is 0 Å². The van der Waals surface area contributed by atoms with E-state index >= 15 is 0 Å². The first-order valence-corrected chi connectivity index (χ1v) is 7.06. The monoisotopic (exact) mass is 252 g/mol. The van der Waals surface area contributed by atoms with Crippen molar-refractivity contribution in [3.05, 3.63) is 11.6 Å². The molecule has 0 radical (unpaired) electrons. The van der Waals surface area contributed by atoms with Crippen LogP contribution in [-0.4, -0.2) is 38.6 Å². The maximum Gasteiger partial charge on any atom is 0.150 e. The van der Waals surface area contributed by atoms with E-state index in [1.54, 1.807) is 0 Å². The van der Waals surface area contributed by atoms with Gasteiger partial charge in [0.25, 0.3) is 0 Å². The number of nitrogens with one attached hydrogen (secondary N) is 1. The van der Waals surface area contributed by atoms with Crippen molar-refractivity contribution in [2.24, 2.45) is 0 Å². The minimum Gasteiger partial charge on any atom is -0.395 e. The van der Waals surface area contributed by atoms with Gasteiger partial charge in [-0.15, -0.1) is 0 Å². The minimum absolute atomic E-state index is 0.191. The van der Waals surface area contributed by atoms with Crippen LogP contribution in [0.25, 0.3) is 0 Å². The Labute approximate surface area is 109 Å². The van der Waals surface area contributed by atoms with Gasteiger partial charge in [-0.1, -0.05) is 13.8 Å². The largest absolute Gasteiger partial charge is 0.395 e. The average molecular weight is 252 g/mol. The van der Waals surface area contributed by atoms with Gasteiger partial charge in [-0.2, -0.15) is 5.10 Å². The first-order valence-electron chi connectivity index (χ1n) is 7.06. The molecule has 0 aliphatic heterocycles. The quantitative estimate of drug-likeness (QED) is 0.722. The number of hydrogen-bond acceptors (Lipinski definition) is 4. The second-order valence-corrected chi connectivity index (χ2v) is 4.98. The molecule has 1 heterocycles. The lowest BCUT2D eigenvalue weighted by Crippen LogP contribution is -2.35. The van der Waals surface area contributed by atoms with E-state index < -0.39 is 0 Å². The summed E-state index contributed by atoms with van der Waals surface area (Å²) in [6.07, 6.45) is 5.20. The highest BCUT2D eigenvalue weighted by atomic mass is 16.3. The van der Waals surface area contributed by atoms with E-state index in [0.717, 1.165) is 37.5 Å². The number of aliphatic hydroxyl groups is 1. The fourth-order valence-corrected chi connectivity index (χ4v) is 2.11. The van der Waals surface area contributed by atoms with E-state index in [1.165, 1.54) is 12.8 Å². The normalized spacial score (nSPS) is 17.1. The number of hydrogen-bond donors (Lipinski definition) is 2. The third-order valence-corrected chi connectivity index (χ3v) is 3.38. The Kier molecular flexibility index (Phi) is 4.72. The van der Waals surface area contributed by atoms with Gasteiger partial charge in [0.15, 0.2) is 5.82 Å². The van der Waals surface area contributed by atoms with E-state index in [1.807, 2.05) is 4.68 Å². The van der Waals surface area contributed by atoms with Crippen molar-refractivity contribution < 1.29 is 5.11 Å². The topological polar surface area (TPSA) is 63.0 Å². The lowest BCUT2D eigenvalue weighted by Gasteiger charge is -2.16. The SMILES string of the molecule is CCc1nc(CC)n(CCC(CO)NC2CC2)n1. The van der Waals surface area contributed by atoms with Crippen molar-refractivity contribution in [1.29, 1.82) is 0 Å². The lowest BCUT2D eigenvalue weighted by atomic mass is 10.2. The molecule has 1 saturated carbocycles. The van der Waals surface area contributed by atoms with Crippen LogP contribution in [0.15, 0.2) is 0 Å². The smallest absolute Gasteiger partial charge is 0.150 e. The molecule has 0 bridgehead atoms. The molecule has 18 heavy (non-hydrogen) atoms. The summed E-state index contributed by atoms with van der Waals surface area (Å²) in [4.78, 5) is 4.49. The third kappa shape index (κ3) is 3.53. The predicted octanol–water partition coefficient (Wildman–Crippen LogP) is 0.906. The van der Waals surface area contributed by atoms with Crippen LogP contribution in [0.2, 0.25) is 0 Å². The highest BCUT2D eigenvalue weighted by molar-refractivity contribution is 4.93. The Bertz CT molecular complexity index is 373. The number of aromatic nitrogens is 3. The Morgan fingerprint density at radius 2 is 2.17 bits per heavy atom. The van der Waals surface area contributed by atoms with E-state index in [0.29, 0.717) is 6.04 Å². The van der Waals surface area contributed by atoms with Crippen LogP contribution in [0.5, 0.6) is 0 Å². The van der Waals surface area contributed by atoms with Crippen LogP contribution in [0.1, 0.15) is 44.8 Å². The van der Waals surface area contributed by atoms with Gasteiger partial charge in [0, 0.05) is 31.5 Å². The molecule has 0 spiro atoms. The van der Waals surface area contributed by atoms with Crippen LogP contribution >= 0.6 is 0 Å². The van der Waals surface area contributed by atoms with Gasteiger partial charge in [-0.3, -0.25) is 0 Å². The van der Waals surface area contributed by atoms with Gasteiger partial charge in [-0.25, -0.2) is 9.67 Å². The summed E-state index contributed by atoms with van der Waals surface area (Å²) in [5.74, 6) is 1.97. The molecule has 1 aromatic heterocycles.